The van der Waals surface area contributed by atoms with Crippen LogP contribution in [0.4, 0.5) is 0 Å². The van der Waals surface area contributed by atoms with Crippen molar-refractivity contribution in [3.8, 4) is 11.4 Å². The Bertz CT molecular complexity index is 766. The molecule has 2 heterocycles. The van der Waals surface area contributed by atoms with Crippen LogP contribution in [-0.4, -0.2) is 69.4 Å². The molecule has 4 rings (SSSR count). The van der Waals surface area contributed by atoms with Crippen LogP contribution in [0.15, 0.2) is 30.3 Å². The van der Waals surface area contributed by atoms with Gasteiger partial charge in [0.1, 0.15) is 6.54 Å². The van der Waals surface area contributed by atoms with E-state index in [4.69, 9.17) is 4.74 Å². The lowest BCUT2D eigenvalue weighted by Gasteiger charge is -2.48. The number of amides is 1. The molecule has 28 heavy (non-hydrogen) atoms. The van der Waals surface area contributed by atoms with Crippen LogP contribution < -0.4 is 5.32 Å². The molecule has 2 aromatic rings. The van der Waals surface area contributed by atoms with Crippen LogP contribution in [0.1, 0.15) is 32.1 Å². The monoisotopic (exact) mass is 384 g/mol. The van der Waals surface area contributed by atoms with Gasteiger partial charge in [-0.25, -0.2) is 0 Å². The van der Waals surface area contributed by atoms with Gasteiger partial charge in [0, 0.05) is 30.7 Å². The first-order valence-electron chi connectivity index (χ1n) is 10.2. The molecule has 1 aliphatic carbocycles. The largest absolute Gasteiger partial charge is 0.379 e. The Hall–Kier alpha value is -2.32. The third kappa shape index (κ3) is 4.39. The predicted octanol–water partition coefficient (Wildman–Crippen LogP) is 1.49. The first-order valence-corrected chi connectivity index (χ1v) is 10.2. The molecule has 1 aromatic carbocycles. The van der Waals surface area contributed by atoms with Crippen molar-refractivity contribution in [2.75, 3.05) is 32.8 Å². The van der Waals surface area contributed by atoms with Gasteiger partial charge >= 0.3 is 0 Å². The molecule has 0 bridgehead atoms. The Labute approximate surface area is 165 Å². The van der Waals surface area contributed by atoms with Crippen LogP contribution in [0.2, 0.25) is 0 Å². The Morgan fingerprint density at radius 3 is 2.61 bits per heavy atom. The van der Waals surface area contributed by atoms with Gasteiger partial charge in [-0.2, -0.15) is 4.80 Å². The van der Waals surface area contributed by atoms with Crippen molar-refractivity contribution in [3.63, 3.8) is 0 Å². The van der Waals surface area contributed by atoms with Gasteiger partial charge in [-0.3, -0.25) is 9.69 Å². The summed E-state index contributed by atoms with van der Waals surface area (Å²) >= 11 is 0. The van der Waals surface area contributed by atoms with Gasteiger partial charge in [-0.15, -0.1) is 10.2 Å². The smallest absolute Gasteiger partial charge is 0.243 e. The summed E-state index contributed by atoms with van der Waals surface area (Å²) in [6, 6.07) is 9.65. The standard InChI is InChI=1S/C20H28N6O2/c27-18(15-26-23-19(22-24-26)17-7-3-1-4-8-17)21-16-20(9-5-2-6-10-20)25-11-13-28-14-12-25/h1,3-4,7-8H,2,5-6,9-16H2,(H,21,27). The summed E-state index contributed by atoms with van der Waals surface area (Å²) in [7, 11) is 0. The zero-order valence-electron chi connectivity index (χ0n) is 16.2. The first-order chi connectivity index (χ1) is 13.8. The molecule has 1 saturated carbocycles. The maximum absolute atomic E-state index is 12.5. The Morgan fingerprint density at radius 1 is 1.11 bits per heavy atom. The average Bonchev–Trinajstić information content (AvgIpc) is 3.23. The highest BCUT2D eigenvalue weighted by Gasteiger charge is 2.38. The molecule has 2 fully saturated rings. The number of benzene rings is 1. The van der Waals surface area contributed by atoms with Crippen molar-refractivity contribution >= 4 is 5.91 Å². The van der Waals surface area contributed by atoms with Gasteiger partial charge in [0.2, 0.25) is 11.7 Å². The third-order valence-electron chi connectivity index (χ3n) is 5.85. The number of hydrogen-bond acceptors (Lipinski definition) is 6. The van der Waals surface area contributed by atoms with Crippen LogP contribution in [0.3, 0.4) is 0 Å². The molecule has 0 unspecified atom stereocenters. The van der Waals surface area contributed by atoms with Crippen molar-refractivity contribution < 1.29 is 9.53 Å². The van der Waals surface area contributed by atoms with Crippen LogP contribution in [-0.2, 0) is 16.1 Å². The van der Waals surface area contributed by atoms with Crippen molar-refractivity contribution in [2.45, 2.75) is 44.2 Å². The summed E-state index contributed by atoms with van der Waals surface area (Å²) in [6.07, 6.45) is 5.99. The molecular weight excluding hydrogens is 356 g/mol. The van der Waals surface area contributed by atoms with E-state index in [1.165, 1.54) is 24.1 Å². The molecule has 1 N–H and O–H groups in total. The summed E-state index contributed by atoms with van der Waals surface area (Å²) in [5, 5.41) is 15.5. The fourth-order valence-corrected chi connectivity index (χ4v) is 4.31. The molecule has 1 aliphatic heterocycles. The average molecular weight is 384 g/mol. The quantitative estimate of drug-likeness (QED) is 0.812. The van der Waals surface area contributed by atoms with Crippen molar-refractivity contribution in [2.24, 2.45) is 0 Å². The fraction of sp³-hybridized carbons (Fsp3) is 0.600. The molecule has 0 atom stereocenters. The number of tetrazole rings is 1. The number of carbonyl (C=O) groups is 1. The van der Waals surface area contributed by atoms with Gasteiger partial charge in [0.15, 0.2) is 0 Å². The molecular formula is C20H28N6O2. The molecule has 0 radical (unpaired) electrons. The van der Waals surface area contributed by atoms with Crippen molar-refractivity contribution in [1.82, 2.24) is 30.4 Å². The summed E-state index contributed by atoms with van der Waals surface area (Å²) in [6.45, 7) is 4.20. The van der Waals surface area contributed by atoms with E-state index in [0.29, 0.717) is 12.4 Å². The van der Waals surface area contributed by atoms with E-state index in [2.05, 4.69) is 25.6 Å². The molecule has 150 valence electrons. The number of rotatable bonds is 6. The van der Waals surface area contributed by atoms with E-state index in [0.717, 1.165) is 44.7 Å². The van der Waals surface area contributed by atoms with Crippen LogP contribution >= 0.6 is 0 Å². The first kappa shape index (κ1) is 19.0. The number of nitrogens with one attached hydrogen (secondary N) is 1. The highest BCUT2D eigenvalue weighted by Crippen LogP contribution is 2.33. The van der Waals surface area contributed by atoms with E-state index < -0.39 is 0 Å². The van der Waals surface area contributed by atoms with Gasteiger partial charge in [0.25, 0.3) is 0 Å². The van der Waals surface area contributed by atoms with E-state index in [-0.39, 0.29) is 18.0 Å². The number of aromatic nitrogens is 4. The van der Waals surface area contributed by atoms with Gasteiger partial charge in [-0.1, -0.05) is 49.6 Å². The topological polar surface area (TPSA) is 85.2 Å². The molecule has 0 spiro atoms. The Morgan fingerprint density at radius 2 is 1.86 bits per heavy atom. The molecule has 8 heteroatoms. The second-order valence-corrected chi connectivity index (χ2v) is 7.67. The number of carbonyl (C=O) groups excluding carboxylic acids is 1. The number of morpholine rings is 1. The third-order valence-corrected chi connectivity index (χ3v) is 5.85. The lowest BCUT2D eigenvalue weighted by Crippen LogP contribution is -2.59. The van der Waals surface area contributed by atoms with Crippen LogP contribution in [0.25, 0.3) is 11.4 Å². The molecule has 1 saturated heterocycles. The number of ether oxygens (including phenoxy) is 1. The maximum atomic E-state index is 12.5. The minimum Gasteiger partial charge on any atom is -0.379 e. The van der Waals surface area contributed by atoms with Crippen LogP contribution in [0.5, 0.6) is 0 Å². The minimum absolute atomic E-state index is 0.0582. The number of nitrogens with zero attached hydrogens (tertiary/aromatic N) is 5. The van der Waals surface area contributed by atoms with Crippen molar-refractivity contribution in [1.29, 1.82) is 0 Å². The highest BCUT2D eigenvalue weighted by molar-refractivity contribution is 5.75. The molecule has 1 amide bonds. The predicted molar refractivity (Wildman–Crippen MR) is 104 cm³/mol. The van der Waals surface area contributed by atoms with E-state index >= 15 is 0 Å². The molecule has 1 aromatic heterocycles. The zero-order chi connectivity index (χ0) is 19.2. The Balaban J connectivity index is 1.35. The minimum atomic E-state index is -0.0739. The van der Waals surface area contributed by atoms with Crippen molar-refractivity contribution in [3.05, 3.63) is 30.3 Å². The zero-order valence-corrected chi connectivity index (χ0v) is 16.2. The summed E-state index contributed by atoms with van der Waals surface area (Å²) in [5.74, 6) is 0.459. The van der Waals surface area contributed by atoms with Gasteiger partial charge in [0.05, 0.1) is 13.2 Å². The second kappa shape index (κ2) is 8.79. The second-order valence-electron chi connectivity index (χ2n) is 7.67. The molecule has 2 aliphatic rings. The normalized spacial score (nSPS) is 20.0. The van der Waals surface area contributed by atoms with E-state index in [9.17, 15) is 4.79 Å². The van der Waals surface area contributed by atoms with E-state index in [1.807, 2.05) is 30.3 Å². The van der Waals surface area contributed by atoms with Gasteiger partial charge < -0.3 is 10.1 Å². The lowest BCUT2D eigenvalue weighted by atomic mass is 9.79. The maximum Gasteiger partial charge on any atom is 0.243 e. The lowest BCUT2D eigenvalue weighted by molar-refractivity contribution is -0.123. The Kier molecular flexibility index (Phi) is 5.97. The van der Waals surface area contributed by atoms with Crippen LogP contribution in [0, 0.1) is 0 Å². The van der Waals surface area contributed by atoms with Gasteiger partial charge in [-0.05, 0) is 18.1 Å². The SMILES string of the molecule is O=C(Cn1nnc(-c2ccccc2)n1)NCC1(N2CCOCC2)CCCCC1. The fourth-order valence-electron chi connectivity index (χ4n) is 4.31. The molecule has 8 nitrogen and oxygen atoms in total. The highest BCUT2D eigenvalue weighted by atomic mass is 16.5. The summed E-state index contributed by atoms with van der Waals surface area (Å²) < 4.78 is 5.52. The summed E-state index contributed by atoms with van der Waals surface area (Å²) in [5.41, 5.74) is 0.950. The number of hydrogen-bond donors (Lipinski definition) is 1. The van der Waals surface area contributed by atoms with E-state index in [1.54, 1.807) is 0 Å². The summed E-state index contributed by atoms with van der Waals surface area (Å²) in [4.78, 5) is 16.4.